The van der Waals surface area contributed by atoms with Gasteiger partial charge in [-0.25, -0.2) is 0 Å². The highest BCUT2D eigenvalue weighted by Gasteiger charge is 2.60. The Bertz CT molecular complexity index is 471. The summed E-state index contributed by atoms with van der Waals surface area (Å²) in [5, 5.41) is 13.6. The van der Waals surface area contributed by atoms with Crippen LogP contribution in [0.1, 0.15) is 65.2 Å². The van der Waals surface area contributed by atoms with Crippen molar-refractivity contribution in [2.75, 3.05) is 6.61 Å². The molecular weight excluding hydrogens is 294 g/mol. The SMILES string of the molecule is CCC(CC)NC(=O)COC(=O)C12C[C@H]3C[C@@H](CC(O)(C3)C1)C2. The van der Waals surface area contributed by atoms with Crippen LogP contribution >= 0.6 is 0 Å². The van der Waals surface area contributed by atoms with Gasteiger partial charge in [0, 0.05) is 6.04 Å². The first kappa shape index (κ1) is 16.7. The van der Waals surface area contributed by atoms with Crippen LogP contribution in [0.25, 0.3) is 0 Å². The van der Waals surface area contributed by atoms with Crippen LogP contribution in [-0.4, -0.2) is 35.2 Å². The smallest absolute Gasteiger partial charge is 0.312 e. The van der Waals surface area contributed by atoms with Gasteiger partial charge in [-0.15, -0.1) is 0 Å². The molecule has 0 aromatic rings. The number of hydrogen-bond donors (Lipinski definition) is 2. The fourth-order valence-corrected chi connectivity index (χ4v) is 5.50. The van der Waals surface area contributed by atoms with Gasteiger partial charge in [0.1, 0.15) is 0 Å². The predicted molar refractivity (Wildman–Crippen MR) is 85.5 cm³/mol. The fraction of sp³-hybridized carbons (Fsp3) is 0.889. The molecule has 5 nitrogen and oxygen atoms in total. The summed E-state index contributed by atoms with van der Waals surface area (Å²) in [7, 11) is 0. The molecule has 5 heteroatoms. The molecule has 4 aliphatic carbocycles. The Morgan fingerprint density at radius 2 is 1.78 bits per heavy atom. The molecule has 4 rings (SSSR count). The van der Waals surface area contributed by atoms with Crippen LogP contribution in [0.2, 0.25) is 0 Å². The largest absolute Gasteiger partial charge is 0.455 e. The normalized spacial score (nSPS) is 37.9. The summed E-state index contributed by atoms with van der Waals surface area (Å²) in [5.74, 6) is 0.375. The maximum Gasteiger partial charge on any atom is 0.312 e. The summed E-state index contributed by atoms with van der Waals surface area (Å²) < 4.78 is 5.36. The lowest BCUT2D eigenvalue weighted by Crippen LogP contribution is -2.58. The molecule has 4 bridgehead atoms. The molecule has 1 amide bonds. The molecule has 23 heavy (non-hydrogen) atoms. The number of ether oxygens (including phenoxy) is 1. The van der Waals surface area contributed by atoms with E-state index in [1.54, 1.807) is 0 Å². The summed E-state index contributed by atoms with van der Waals surface area (Å²) >= 11 is 0. The van der Waals surface area contributed by atoms with Gasteiger partial charge in [0.15, 0.2) is 6.61 Å². The minimum atomic E-state index is -0.680. The number of rotatable bonds is 6. The first-order valence-corrected chi connectivity index (χ1v) is 9.07. The van der Waals surface area contributed by atoms with Crippen molar-refractivity contribution in [3.05, 3.63) is 0 Å². The van der Waals surface area contributed by atoms with E-state index >= 15 is 0 Å². The second kappa shape index (κ2) is 6.08. The van der Waals surface area contributed by atoms with E-state index in [1.807, 2.05) is 13.8 Å². The van der Waals surface area contributed by atoms with E-state index in [1.165, 1.54) is 0 Å². The van der Waals surface area contributed by atoms with Crippen molar-refractivity contribution >= 4 is 11.9 Å². The van der Waals surface area contributed by atoms with Crippen LogP contribution in [0.3, 0.4) is 0 Å². The summed E-state index contributed by atoms with van der Waals surface area (Å²) in [4.78, 5) is 24.6. The first-order chi connectivity index (χ1) is 10.9. The van der Waals surface area contributed by atoms with Crippen LogP contribution in [0.4, 0.5) is 0 Å². The monoisotopic (exact) mass is 323 g/mol. The Balaban J connectivity index is 1.57. The maximum absolute atomic E-state index is 12.7. The molecule has 4 aliphatic rings. The number of esters is 1. The van der Waals surface area contributed by atoms with E-state index in [0.29, 0.717) is 18.3 Å². The number of nitrogens with one attached hydrogen (secondary N) is 1. The Morgan fingerprint density at radius 1 is 1.17 bits per heavy atom. The van der Waals surface area contributed by atoms with E-state index in [4.69, 9.17) is 4.74 Å². The Kier molecular flexibility index (Phi) is 4.43. The fourth-order valence-electron chi connectivity index (χ4n) is 5.50. The van der Waals surface area contributed by atoms with E-state index < -0.39 is 11.0 Å². The van der Waals surface area contributed by atoms with E-state index in [-0.39, 0.29) is 24.5 Å². The molecule has 0 radical (unpaired) electrons. The maximum atomic E-state index is 12.7. The standard InChI is InChI=1S/C18H29NO4/c1-3-14(4-2)19-15(20)10-23-16(21)17-6-12-5-13(7-17)9-18(22,8-12)11-17/h12-14,22H,3-11H2,1-2H3,(H,19,20)/t12-,13-,17?,18?/m1/s1. The lowest BCUT2D eigenvalue weighted by Gasteiger charge is -2.58. The molecule has 0 unspecified atom stereocenters. The average Bonchev–Trinajstić information content (AvgIpc) is 2.47. The van der Waals surface area contributed by atoms with Gasteiger partial charge in [-0.2, -0.15) is 0 Å². The second-order valence-electron chi connectivity index (χ2n) is 8.12. The van der Waals surface area contributed by atoms with Gasteiger partial charge >= 0.3 is 5.97 Å². The summed E-state index contributed by atoms with van der Waals surface area (Å²) in [6.45, 7) is 3.85. The van der Waals surface area contributed by atoms with Crippen molar-refractivity contribution in [1.29, 1.82) is 0 Å². The zero-order valence-corrected chi connectivity index (χ0v) is 14.3. The van der Waals surface area contributed by atoms with Crippen LogP contribution in [-0.2, 0) is 14.3 Å². The molecule has 130 valence electrons. The minimum absolute atomic E-state index is 0.140. The lowest BCUT2D eigenvalue weighted by atomic mass is 9.48. The summed E-state index contributed by atoms with van der Waals surface area (Å²) in [6.07, 6.45) is 6.68. The molecular formula is C18H29NO4. The van der Waals surface area contributed by atoms with E-state index in [0.717, 1.165) is 44.9 Å². The highest BCUT2D eigenvalue weighted by Crippen LogP contribution is 2.61. The summed E-state index contributed by atoms with van der Waals surface area (Å²) in [6, 6.07) is 0.140. The third-order valence-electron chi connectivity index (χ3n) is 6.15. The van der Waals surface area contributed by atoms with Crippen LogP contribution in [0, 0.1) is 17.3 Å². The van der Waals surface area contributed by atoms with Crippen molar-refractivity contribution in [2.45, 2.75) is 76.9 Å². The predicted octanol–water partition coefficient (Wildman–Crippen LogP) is 2.17. The van der Waals surface area contributed by atoms with Crippen molar-refractivity contribution in [3.8, 4) is 0 Å². The zero-order valence-electron chi connectivity index (χ0n) is 14.3. The third-order valence-corrected chi connectivity index (χ3v) is 6.15. The van der Waals surface area contributed by atoms with Gasteiger partial charge < -0.3 is 15.2 Å². The molecule has 2 atom stereocenters. The third kappa shape index (κ3) is 3.25. The molecule has 0 spiro atoms. The van der Waals surface area contributed by atoms with Crippen molar-refractivity contribution in [1.82, 2.24) is 5.32 Å². The van der Waals surface area contributed by atoms with Gasteiger partial charge in [-0.05, 0) is 63.2 Å². The molecule has 0 saturated heterocycles. The van der Waals surface area contributed by atoms with E-state index in [2.05, 4.69) is 5.32 Å². The minimum Gasteiger partial charge on any atom is -0.455 e. The number of hydrogen-bond acceptors (Lipinski definition) is 4. The summed E-state index contributed by atoms with van der Waals surface area (Å²) in [5.41, 5.74) is -1.23. The molecule has 4 fully saturated rings. The van der Waals surface area contributed by atoms with Crippen LogP contribution < -0.4 is 5.32 Å². The highest BCUT2D eigenvalue weighted by atomic mass is 16.5. The van der Waals surface area contributed by atoms with Gasteiger partial charge in [0.2, 0.25) is 0 Å². The van der Waals surface area contributed by atoms with Gasteiger partial charge in [0.05, 0.1) is 11.0 Å². The quantitative estimate of drug-likeness (QED) is 0.735. The van der Waals surface area contributed by atoms with Crippen molar-refractivity contribution < 1.29 is 19.4 Å². The number of carbonyl (C=O) groups excluding carboxylic acids is 2. The topological polar surface area (TPSA) is 75.6 Å². The molecule has 0 heterocycles. The molecule has 2 N–H and O–H groups in total. The van der Waals surface area contributed by atoms with Gasteiger partial charge in [-0.3, -0.25) is 9.59 Å². The van der Waals surface area contributed by atoms with Crippen LogP contribution in [0.5, 0.6) is 0 Å². The number of amides is 1. The Morgan fingerprint density at radius 3 is 2.30 bits per heavy atom. The average molecular weight is 323 g/mol. The van der Waals surface area contributed by atoms with Crippen molar-refractivity contribution in [2.24, 2.45) is 17.3 Å². The highest BCUT2D eigenvalue weighted by molar-refractivity contribution is 5.83. The molecule has 0 aliphatic heterocycles. The Labute approximate surface area is 138 Å². The molecule has 0 aromatic carbocycles. The Hall–Kier alpha value is -1.10. The lowest BCUT2D eigenvalue weighted by molar-refractivity contribution is -0.196. The molecule has 4 saturated carbocycles. The van der Waals surface area contributed by atoms with Crippen LogP contribution in [0.15, 0.2) is 0 Å². The number of carbonyl (C=O) groups is 2. The van der Waals surface area contributed by atoms with E-state index in [9.17, 15) is 14.7 Å². The zero-order chi connectivity index (χ0) is 16.7. The molecule has 0 aromatic heterocycles. The van der Waals surface area contributed by atoms with Gasteiger partial charge in [0.25, 0.3) is 5.91 Å². The van der Waals surface area contributed by atoms with Crippen molar-refractivity contribution in [3.63, 3.8) is 0 Å². The van der Waals surface area contributed by atoms with Gasteiger partial charge in [-0.1, -0.05) is 13.8 Å². The second-order valence-corrected chi connectivity index (χ2v) is 8.12. The number of aliphatic hydroxyl groups is 1. The first-order valence-electron chi connectivity index (χ1n) is 9.07.